The number of nitrogens with one attached hydrogen (secondary N) is 1. The van der Waals surface area contributed by atoms with Gasteiger partial charge in [-0.2, -0.15) is 0 Å². The molecule has 0 bridgehead atoms. The Labute approximate surface area is 174 Å². The van der Waals surface area contributed by atoms with E-state index in [0.29, 0.717) is 37.2 Å². The average molecular weight is 401 g/mol. The molecule has 2 amide bonds. The maximum Gasteiger partial charge on any atom is 0.293 e. The fourth-order valence-electron chi connectivity index (χ4n) is 4.49. The standard InChI is InChI=1S/C23H23N5O2/c29-21(11-16-7-3-1-4-8-16)27-13-17-12-20-25-26-22(28(20)15-18(17)14-27)23(30)24-19-9-5-2-6-10-19/h1-10,17-18H,11-15H2,(H,24,30)/t17-,18-/m0/s1. The number of para-hydroxylation sites is 1. The van der Waals surface area contributed by atoms with Gasteiger partial charge >= 0.3 is 0 Å². The van der Waals surface area contributed by atoms with Gasteiger partial charge in [0.1, 0.15) is 5.82 Å². The first-order valence-electron chi connectivity index (χ1n) is 10.3. The molecule has 3 heterocycles. The Balaban J connectivity index is 1.27. The predicted molar refractivity (Wildman–Crippen MR) is 112 cm³/mol. The third-order valence-corrected chi connectivity index (χ3v) is 6.05. The molecule has 0 aliphatic carbocycles. The summed E-state index contributed by atoms with van der Waals surface area (Å²) in [5.41, 5.74) is 1.77. The molecular weight excluding hydrogens is 378 g/mol. The van der Waals surface area contributed by atoms with Gasteiger partial charge in [0.05, 0.1) is 6.42 Å². The van der Waals surface area contributed by atoms with E-state index in [1.54, 1.807) is 0 Å². The molecule has 7 heteroatoms. The maximum atomic E-state index is 12.8. The average Bonchev–Trinajstić information content (AvgIpc) is 3.37. The van der Waals surface area contributed by atoms with Gasteiger partial charge in [-0.25, -0.2) is 0 Å². The van der Waals surface area contributed by atoms with Crippen molar-refractivity contribution in [2.24, 2.45) is 11.8 Å². The lowest BCUT2D eigenvalue weighted by Crippen LogP contribution is -2.31. The molecule has 5 rings (SSSR count). The van der Waals surface area contributed by atoms with Crippen LogP contribution in [0.4, 0.5) is 5.69 Å². The molecule has 1 aromatic heterocycles. The van der Waals surface area contributed by atoms with Crippen molar-refractivity contribution in [3.8, 4) is 0 Å². The van der Waals surface area contributed by atoms with Crippen LogP contribution in [0, 0.1) is 11.8 Å². The van der Waals surface area contributed by atoms with Crippen LogP contribution in [-0.4, -0.2) is 44.6 Å². The molecule has 1 N–H and O–H groups in total. The Morgan fingerprint density at radius 3 is 2.37 bits per heavy atom. The molecule has 3 aromatic rings. The second-order valence-corrected chi connectivity index (χ2v) is 8.06. The topological polar surface area (TPSA) is 80.1 Å². The Hall–Kier alpha value is -3.48. The summed E-state index contributed by atoms with van der Waals surface area (Å²) in [5.74, 6) is 1.75. The lowest BCUT2D eigenvalue weighted by Gasteiger charge is -2.25. The van der Waals surface area contributed by atoms with Crippen LogP contribution >= 0.6 is 0 Å². The third kappa shape index (κ3) is 3.58. The van der Waals surface area contributed by atoms with E-state index in [0.717, 1.165) is 30.0 Å². The molecule has 2 aliphatic heterocycles. The Bertz CT molecular complexity index is 1060. The lowest BCUT2D eigenvalue weighted by atomic mass is 9.89. The lowest BCUT2D eigenvalue weighted by molar-refractivity contribution is -0.129. The monoisotopic (exact) mass is 401 g/mol. The highest BCUT2D eigenvalue weighted by Gasteiger charge is 2.40. The zero-order valence-electron chi connectivity index (χ0n) is 16.6. The minimum absolute atomic E-state index is 0.161. The van der Waals surface area contributed by atoms with Crippen molar-refractivity contribution in [3.63, 3.8) is 0 Å². The van der Waals surface area contributed by atoms with Crippen molar-refractivity contribution >= 4 is 17.5 Å². The molecule has 30 heavy (non-hydrogen) atoms. The van der Waals surface area contributed by atoms with Gasteiger partial charge in [-0.05, 0) is 29.5 Å². The van der Waals surface area contributed by atoms with E-state index in [4.69, 9.17) is 0 Å². The first kappa shape index (κ1) is 18.5. The minimum atomic E-state index is -0.256. The SMILES string of the molecule is O=C(Nc1ccccc1)c1nnc2n1C[C@@H]1CN(C(=O)Cc3ccccc3)C[C@@H]1C2. The largest absolute Gasteiger partial charge is 0.342 e. The Morgan fingerprint density at radius 1 is 0.900 bits per heavy atom. The van der Waals surface area contributed by atoms with Crippen LogP contribution in [0.1, 0.15) is 22.0 Å². The van der Waals surface area contributed by atoms with E-state index in [1.807, 2.05) is 70.1 Å². The van der Waals surface area contributed by atoms with Crippen LogP contribution in [0.5, 0.6) is 0 Å². The van der Waals surface area contributed by atoms with Gasteiger partial charge in [0.25, 0.3) is 5.91 Å². The van der Waals surface area contributed by atoms with E-state index >= 15 is 0 Å². The molecule has 0 spiro atoms. The van der Waals surface area contributed by atoms with Crippen molar-refractivity contribution < 1.29 is 9.59 Å². The quantitative estimate of drug-likeness (QED) is 0.728. The highest BCUT2D eigenvalue weighted by atomic mass is 16.2. The molecule has 2 aliphatic rings. The van der Waals surface area contributed by atoms with E-state index in [-0.39, 0.29) is 11.8 Å². The van der Waals surface area contributed by atoms with Crippen LogP contribution in [0.2, 0.25) is 0 Å². The fourth-order valence-corrected chi connectivity index (χ4v) is 4.49. The summed E-state index contributed by atoms with van der Waals surface area (Å²) >= 11 is 0. The maximum absolute atomic E-state index is 12.8. The zero-order valence-corrected chi connectivity index (χ0v) is 16.6. The molecule has 1 saturated heterocycles. The number of likely N-dealkylation sites (tertiary alicyclic amines) is 1. The fraction of sp³-hybridized carbons (Fsp3) is 0.304. The molecule has 0 saturated carbocycles. The number of anilines is 1. The summed E-state index contributed by atoms with van der Waals surface area (Å²) in [7, 11) is 0. The summed E-state index contributed by atoms with van der Waals surface area (Å²) < 4.78 is 1.92. The van der Waals surface area contributed by atoms with E-state index < -0.39 is 0 Å². The molecular formula is C23H23N5O2. The van der Waals surface area contributed by atoms with Crippen LogP contribution in [0.3, 0.4) is 0 Å². The number of carbonyl (C=O) groups is 2. The first-order valence-corrected chi connectivity index (χ1v) is 10.3. The number of hydrogen-bond donors (Lipinski definition) is 1. The number of aromatic nitrogens is 3. The molecule has 2 atom stereocenters. The van der Waals surface area contributed by atoms with Gasteiger partial charge in [0.15, 0.2) is 0 Å². The van der Waals surface area contributed by atoms with Gasteiger partial charge in [-0.3, -0.25) is 9.59 Å². The highest BCUT2D eigenvalue weighted by Crippen LogP contribution is 2.33. The number of rotatable bonds is 4. The van der Waals surface area contributed by atoms with E-state index in [2.05, 4.69) is 15.5 Å². The van der Waals surface area contributed by atoms with E-state index in [1.165, 1.54) is 0 Å². The van der Waals surface area contributed by atoms with Crippen LogP contribution in [0.25, 0.3) is 0 Å². The van der Waals surface area contributed by atoms with Crippen LogP contribution < -0.4 is 5.32 Å². The van der Waals surface area contributed by atoms with Crippen molar-refractivity contribution in [1.82, 2.24) is 19.7 Å². The van der Waals surface area contributed by atoms with Gasteiger partial charge in [-0.1, -0.05) is 48.5 Å². The van der Waals surface area contributed by atoms with Gasteiger partial charge < -0.3 is 14.8 Å². The number of carbonyl (C=O) groups excluding carboxylic acids is 2. The van der Waals surface area contributed by atoms with Gasteiger partial charge in [0, 0.05) is 31.7 Å². The number of benzene rings is 2. The van der Waals surface area contributed by atoms with Crippen molar-refractivity contribution in [1.29, 1.82) is 0 Å². The summed E-state index contributed by atoms with van der Waals surface area (Å²) in [6.07, 6.45) is 1.17. The number of amides is 2. The minimum Gasteiger partial charge on any atom is -0.342 e. The number of fused-ring (bicyclic) bond motifs is 2. The second kappa shape index (κ2) is 7.74. The van der Waals surface area contributed by atoms with Crippen LogP contribution in [0.15, 0.2) is 60.7 Å². The normalized spacial score (nSPS) is 19.8. The first-order chi connectivity index (χ1) is 14.7. The molecule has 152 valence electrons. The Morgan fingerprint density at radius 2 is 1.60 bits per heavy atom. The summed E-state index contributed by atoms with van der Waals surface area (Å²) in [6, 6.07) is 19.2. The molecule has 1 fully saturated rings. The summed E-state index contributed by atoms with van der Waals surface area (Å²) in [4.78, 5) is 27.5. The van der Waals surface area contributed by atoms with Gasteiger partial charge in [-0.15, -0.1) is 10.2 Å². The molecule has 0 radical (unpaired) electrons. The molecule has 0 unspecified atom stereocenters. The molecule has 7 nitrogen and oxygen atoms in total. The Kier molecular flexibility index (Phi) is 4.78. The smallest absolute Gasteiger partial charge is 0.293 e. The highest BCUT2D eigenvalue weighted by molar-refractivity contribution is 6.01. The number of hydrogen-bond acceptors (Lipinski definition) is 4. The van der Waals surface area contributed by atoms with Crippen molar-refractivity contribution in [3.05, 3.63) is 77.9 Å². The van der Waals surface area contributed by atoms with Crippen LogP contribution in [-0.2, 0) is 24.2 Å². The van der Waals surface area contributed by atoms with Gasteiger partial charge in [0.2, 0.25) is 11.7 Å². The number of nitrogens with zero attached hydrogens (tertiary/aromatic N) is 4. The van der Waals surface area contributed by atoms with E-state index in [9.17, 15) is 9.59 Å². The summed E-state index contributed by atoms with van der Waals surface area (Å²) in [5, 5.41) is 11.3. The van der Waals surface area contributed by atoms with Crippen molar-refractivity contribution in [2.75, 3.05) is 18.4 Å². The summed E-state index contributed by atoms with van der Waals surface area (Å²) in [6.45, 7) is 2.13. The zero-order chi connectivity index (χ0) is 20.5. The van der Waals surface area contributed by atoms with Crippen molar-refractivity contribution in [2.45, 2.75) is 19.4 Å². The predicted octanol–water partition coefficient (Wildman–Crippen LogP) is 2.40. The molecule has 2 aromatic carbocycles. The second-order valence-electron chi connectivity index (χ2n) is 8.06. The third-order valence-electron chi connectivity index (χ3n) is 6.05.